The Balaban J connectivity index is 1.89. The van der Waals surface area contributed by atoms with Gasteiger partial charge in [-0.15, -0.1) is 11.3 Å². The van der Waals surface area contributed by atoms with Crippen molar-refractivity contribution in [3.05, 3.63) is 62.5 Å². The van der Waals surface area contributed by atoms with Crippen LogP contribution in [-0.2, 0) is 20.7 Å². The van der Waals surface area contributed by atoms with E-state index in [4.69, 9.17) is 14.2 Å². The van der Waals surface area contributed by atoms with Crippen molar-refractivity contribution in [1.29, 1.82) is 0 Å². The molecule has 6 nitrogen and oxygen atoms in total. The highest BCUT2D eigenvalue weighted by atomic mass is 32.1. The molecule has 0 N–H and O–H groups in total. The number of methoxy groups -OCH3 is 3. The fourth-order valence-electron chi connectivity index (χ4n) is 3.44. The smallest absolute Gasteiger partial charge is 0.340 e. The molecule has 1 aromatic carbocycles. The molecule has 0 saturated heterocycles. The van der Waals surface area contributed by atoms with Crippen LogP contribution in [0.2, 0.25) is 0 Å². The molecule has 1 aromatic heterocycles. The Morgan fingerprint density at radius 3 is 2.43 bits per heavy atom. The molecule has 1 amide bonds. The molecule has 0 unspecified atom stereocenters. The number of esters is 1. The molecule has 0 spiro atoms. The lowest BCUT2D eigenvalue weighted by atomic mass is 10.1. The number of amides is 1. The van der Waals surface area contributed by atoms with Crippen LogP contribution in [0.1, 0.15) is 22.9 Å². The number of carbonyl (C=O) groups excluding carboxylic acids is 2. The highest BCUT2D eigenvalue weighted by Crippen LogP contribution is 2.34. The highest BCUT2D eigenvalue weighted by molar-refractivity contribution is 7.11. The SMILES string of the molecule is COC(=O)C1=C(C)N(CCc2ccc(OC)c(OC)c2)C(=O)/C1=C\c1sccc1C. The molecule has 0 radical (unpaired) electrons. The first kappa shape index (κ1) is 21.6. The quantitative estimate of drug-likeness (QED) is 0.494. The van der Waals surface area contributed by atoms with Crippen LogP contribution in [0, 0.1) is 6.92 Å². The second-order valence-corrected chi connectivity index (χ2v) is 7.82. The zero-order valence-electron chi connectivity index (χ0n) is 17.8. The predicted octanol–water partition coefficient (Wildman–Crippen LogP) is 3.99. The molecule has 1 aliphatic rings. The van der Waals surface area contributed by atoms with E-state index in [9.17, 15) is 9.59 Å². The lowest BCUT2D eigenvalue weighted by molar-refractivity contribution is -0.136. The standard InChI is InChI=1S/C23H25NO5S/c1-14-9-11-30-20(14)13-17-21(23(26)29-5)15(2)24(22(17)25)10-8-16-6-7-18(27-3)19(12-16)28-4/h6-7,9,11-13H,8,10H2,1-5H3/b17-13-. The first-order valence-corrected chi connectivity index (χ1v) is 10.4. The maximum absolute atomic E-state index is 13.2. The zero-order chi connectivity index (χ0) is 21.8. The van der Waals surface area contributed by atoms with Crippen molar-refractivity contribution in [3.8, 4) is 11.5 Å². The van der Waals surface area contributed by atoms with Gasteiger partial charge in [-0.25, -0.2) is 4.79 Å². The summed E-state index contributed by atoms with van der Waals surface area (Å²) in [7, 11) is 4.50. The molecular formula is C23H25NO5S. The molecule has 30 heavy (non-hydrogen) atoms. The summed E-state index contributed by atoms with van der Waals surface area (Å²) in [5.74, 6) is 0.592. The summed E-state index contributed by atoms with van der Waals surface area (Å²) in [6.07, 6.45) is 2.39. The molecular weight excluding hydrogens is 402 g/mol. The fourth-order valence-corrected chi connectivity index (χ4v) is 4.30. The van der Waals surface area contributed by atoms with Gasteiger partial charge in [-0.3, -0.25) is 4.79 Å². The number of thiophene rings is 1. The van der Waals surface area contributed by atoms with Crippen LogP contribution >= 0.6 is 11.3 Å². The van der Waals surface area contributed by atoms with E-state index >= 15 is 0 Å². The zero-order valence-corrected chi connectivity index (χ0v) is 18.6. The first-order chi connectivity index (χ1) is 14.4. The second-order valence-electron chi connectivity index (χ2n) is 6.87. The van der Waals surface area contributed by atoms with E-state index < -0.39 is 5.97 Å². The Labute approximate surface area is 180 Å². The molecule has 3 rings (SSSR count). The first-order valence-electron chi connectivity index (χ1n) is 9.49. The molecule has 0 aliphatic carbocycles. The minimum Gasteiger partial charge on any atom is -0.493 e. The van der Waals surface area contributed by atoms with Gasteiger partial charge in [0.2, 0.25) is 0 Å². The van der Waals surface area contributed by atoms with Crippen LogP contribution in [0.4, 0.5) is 0 Å². The van der Waals surface area contributed by atoms with E-state index in [1.54, 1.807) is 32.1 Å². The van der Waals surface area contributed by atoms with Crippen LogP contribution in [0.3, 0.4) is 0 Å². The van der Waals surface area contributed by atoms with Crippen LogP contribution < -0.4 is 9.47 Å². The number of ether oxygens (including phenoxy) is 3. The number of carbonyl (C=O) groups is 2. The summed E-state index contributed by atoms with van der Waals surface area (Å²) in [6, 6.07) is 7.66. The average molecular weight is 428 g/mol. The van der Waals surface area contributed by atoms with Gasteiger partial charge in [-0.2, -0.15) is 0 Å². The van der Waals surface area contributed by atoms with Crippen molar-refractivity contribution in [2.45, 2.75) is 20.3 Å². The topological polar surface area (TPSA) is 65.1 Å². The summed E-state index contributed by atoms with van der Waals surface area (Å²) >= 11 is 1.53. The van der Waals surface area contributed by atoms with Gasteiger partial charge in [-0.05, 0) is 61.1 Å². The lowest BCUT2D eigenvalue weighted by Crippen LogP contribution is -2.27. The van der Waals surface area contributed by atoms with E-state index in [2.05, 4.69) is 0 Å². The third-order valence-corrected chi connectivity index (χ3v) is 6.12. The van der Waals surface area contributed by atoms with E-state index in [1.165, 1.54) is 18.4 Å². The van der Waals surface area contributed by atoms with Crippen molar-refractivity contribution in [2.75, 3.05) is 27.9 Å². The van der Waals surface area contributed by atoms with Crippen LogP contribution in [0.5, 0.6) is 11.5 Å². The van der Waals surface area contributed by atoms with Gasteiger partial charge in [0.15, 0.2) is 11.5 Å². The van der Waals surface area contributed by atoms with Gasteiger partial charge in [0.25, 0.3) is 5.91 Å². The molecule has 7 heteroatoms. The number of hydrogen-bond donors (Lipinski definition) is 0. The molecule has 0 saturated carbocycles. The summed E-state index contributed by atoms with van der Waals surface area (Å²) < 4.78 is 15.6. The minimum atomic E-state index is -0.505. The monoisotopic (exact) mass is 427 g/mol. The van der Waals surface area contributed by atoms with Gasteiger partial charge in [0, 0.05) is 17.1 Å². The maximum Gasteiger partial charge on any atom is 0.340 e. The van der Waals surface area contributed by atoms with Gasteiger partial charge in [0.1, 0.15) is 0 Å². The molecule has 0 bridgehead atoms. The normalized spacial score (nSPS) is 15.2. The number of nitrogens with zero attached hydrogens (tertiary/aromatic N) is 1. The Hall–Kier alpha value is -3.06. The molecule has 1 aliphatic heterocycles. The third-order valence-electron chi connectivity index (χ3n) is 5.15. The highest BCUT2D eigenvalue weighted by Gasteiger charge is 2.36. The van der Waals surface area contributed by atoms with Gasteiger partial charge >= 0.3 is 5.97 Å². The Morgan fingerprint density at radius 2 is 1.83 bits per heavy atom. The Bertz CT molecular complexity index is 1030. The lowest BCUT2D eigenvalue weighted by Gasteiger charge is -2.18. The summed E-state index contributed by atoms with van der Waals surface area (Å²) in [5, 5.41) is 1.96. The molecule has 0 atom stereocenters. The van der Waals surface area contributed by atoms with E-state index in [0.29, 0.717) is 41.3 Å². The van der Waals surface area contributed by atoms with E-state index in [1.807, 2.05) is 36.6 Å². The summed E-state index contributed by atoms with van der Waals surface area (Å²) in [5.41, 5.74) is 3.36. The molecule has 0 fully saturated rings. The predicted molar refractivity (Wildman–Crippen MR) is 117 cm³/mol. The van der Waals surface area contributed by atoms with Crippen LogP contribution in [-0.4, -0.2) is 44.7 Å². The van der Waals surface area contributed by atoms with E-state index in [-0.39, 0.29) is 5.91 Å². The maximum atomic E-state index is 13.2. The molecule has 2 heterocycles. The van der Waals surface area contributed by atoms with Gasteiger partial charge in [0.05, 0.1) is 32.5 Å². The Morgan fingerprint density at radius 1 is 1.10 bits per heavy atom. The van der Waals surface area contributed by atoms with Crippen molar-refractivity contribution < 1.29 is 23.8 Å². The third kappa shape index (κ3) is 4.11. The molecule has 2 aromatic rings. The van der Waals surface area contributed by atoms with Crippen molar-refractivity contribution in [2.24, 2.45) is 0 Å². The van der Waals surface area contributed by atoms with Gasteiger partial charge < -0.3 is 19.1 Å². The van der Waals surface area contributed by atoms with Crippen LogP contribution in [0.15, 0.2) is 46.5 Å². The molecule has 158 valence electrons. The summed E-state index contributed by atoms with van der Waals surface area (Å²) in [6.45, 7) is 4.19. The summed E-state index contributed by atoms with van der Waals surface area (Å²) in [4.78, 5) is 28.2. The van der Waals surface area contributed by atoms with Gasteiger partial charge in [-0.1, -0.05) is 6.07 Å². The number of benzene rings is 1. The fraction of sp³-hybridized carbons (Fsp3) is 0.304. The number of hydrogen-bond acceptors (Lipinski definition) is 6. The van der Waals surface area contributed by atoms with Crippen molar-refractivity contribution in [1.82, 2.24) is 4.90 Å². The number of rotatable bonds is 7. The van der Waals surface area contributed by atoms with Crippen molar-refractivity contribution >= 4 is 29.3 Å². The average Bonchev–Trinajstić information content (AvgIpc) is 3.26. The van der Waals surface area contributed by atoms with E-state index in [0.717, 1.165) is 16.0 Å². The second kappa shape index (κ2) is 9.17. The number of allylic oxidation sites excluding steroid dienone is 1. The van der Waals surface area contributed by atoms with Crippen molar-refractivity contribution in [3.63, 3.8) is 0 Å². The Kier molecular flexibility index (Phi) is 6.62. The largest absolute Gasteiger partial charge is 0.493 e. The van der Waals surface area contributed by atoms with Crippen LogP contribution in [0.25, 0.3) is 6.08 Å². The number of aryl methyl sites for hydroxylation is 1. The minimum absolute atomic E-state index is 0.193.